The van der Waals surface area contributed by atoms with Crippen LogP contribution in [0.4, 0.5) is 4.39 Å². The fourth-order valence-electron chi connectivity index (χ4n) is 1.14. The van der Waals surface area contributed by atoms with E-state index in [2.05, 4.69) is 15.4 Å². The molecule has 0 N–H and O–H groups in total. The fraction of sp³-hybridized carbons (Fsp3) is 0.111. The van der Waals surface area contributed by atoms with Crippen LogP contribution in [-0.2, 0) is 11.3 Å². The number of carbonyl (C=O) groups is 1. The van der Waals surface area contributed by atoms with E-state index in [4.69, 9.17) is 0 Å². The SMILES string of the molecule is O=C([O-])Cn1nnc(-c2ccc(F)cc2)n1. The van der Waals surface area contributed by atoms with Gasteiger partial charge in [-0.15, -0.1) is 10.2 Å². The van der Waals surface area contributed by atoms with Gasteiger partial charge in [0.2, 0.25) is 5.82 Å². The molecule has 1 aromatic carbocycles. The Labute approximate surface area is 89.3 Å². The van der Waals surface area contributed by atoms with Gasteiger partial charge in [0.25, 0.3) is 0 Å². The molecule has 82 valence electrons. The van der Waals surface area contributed by atoms with Crippen LogP contribution in [-0.4, -0.2) is 26.2 Å². The molecule has 0 atom stereocenters. The lowest BCUT2D eigenvalue weighted by Gasteiger charge is -1.97. The molecule has 0 bridgehead atoms. The summed E-state index contributed by atoms with van der Waals surface area (Å²) in [7, 11) is 0. The first-order valence-corrected chi connectivity index (χ1v) is 4.39. The summed E-state index contributed by atoms with van der Waals surface area (Å²) in [6, 6.07) is 5.48. The second-order valence-electron chi connectivity index (χ2n) is 3.02. The van der Waals surface area contributed by atoms with Gasteiger partial charge in [0.1, 0.15) is 12.4 Å². The van der Waals surface area contributed by atoms with E-state index in [1.165, 1.54) is 24.3 Å². The van der Waals surface area contributed by atoms with Gasteiger partial charge in [-0.25, -0.2) is 4.39 Å². The topological polar surface area (TPSA) is 83.7 Å². The summed E-state index contributed by atoms with van der Waals surface area (Å²) in [5.41, 5.74) is 0.561. The van der Waals surface area contributed by atoms with Gasteiger partial charge in [-0.05, 0) is 29.5 Å². The quantitative estimate of drug-likeness (QED) is 0.679. The van der Waals surface area contributed by atoms with Crippen LogP contribution in [0.2, 0.25) is 0 Å². The molecule has 0 amide bonds. The summed E-state index contributed by atoms with van der Waals surface area (Å²) >= 11 is 0. The van der Waals surface area contributed by atoms with Crippen LogP contribution in [0.15, 0.2) is 24.3 Å². The predicted molar refractivity (Wildman–Crippen MR) is 48.2 cm³/mol. The lowest BCUT2D eigenvalue weighted by atomic mass is 10.2. The van der Waals surface area contributed by atoms with Gasteiger partial charge in [0.05, 0.1) is 5.97 Å². The third-order valence-corrected chi connectivity index (χ3v) is 1.83. The number of aliphatic carboxylic acids is 1. The van der Waals surface area contributed by atoms with E-state index < -0.39 is 12.5 Å². The van der Waals surface area contributed by atoms with Crippen molar-refractivity contribution in [3.8, 4) is 11.4 Å². The Morgan fingerprint density at radius 1 is 1.38 bits per heavy atom. The van der Waals surface area contributed by atoms with Crippen molar-refractivity contribution in [3.63, 3.8) is 0 Å². The Morgan fingerprint density at radius 3 is 2.69 bits per heavy atom. The summed E-state index contributed by atoms with van der Waals surface area (Å²) in [5.74, 6) is -1.44. The Hall–Kier alpha value is -2.31. The Morgan fingerprint density at radius 2 is 2.06 bits per heavy atom. The van der Waals surface area contributed by atoms with E-state index in [1.807, 2.05) is 0 Å². The Kier molecular flexibility index (Phi) is 2.59. The van der Waals surface area contributed by atoms with Crippen LogP contribution in [0.5, 0.6) is 0 Å². The van der Waals surface area contributed by atoms with Crippen molar-refractivity contribution in [1.82, 2.24) is 20.2 Å². The molecule has 0 aliphatic heterocycles. The van der Waals surface area contributed by atoms with Crippen LogP contribution in [0.1, 0.15) is 0 Å². The first-order valence-electron chi connectivity index (χ1n) is 4.39. The van der Waals surface area contributed by atoms with Gasteiger partial charge >= 0.3 is 0 Å². The van der Waals surface area contributed by atoms with Gasteiger partial charge in [0.15, 0.2) is 0 Å². The minimum absolute atomic E-state index is 0.237. The summed E-state index contributed by atoms with van der Waals surface area (Å²) in [4.78, 5) is 11.2. The highest BCUT2D eigenvalue weighted by Gasteiger charge is 2.05. The van der Waals surface area contributed by atoms with Crippen LogP contribution in [0.3, 0.4) is 0 Å². The smallest absolute Gasteiger partial charge is 0.204 e. The van der Waals surface area contributed by atoms with Crippen LogP contribution in [0.25, 0.3) is 11.4 Å². The largest absolute Gasteiger partial charge is 0.548 e. The molecule has 0 aliphatic carbocycles. The van der Waals surface area contributed by atoms with E-state index in [0.29, 0.717) is 5.56 Å². The summed E-state index contributed by atoms with van der Waals surface area (Å²) in [6.07, 6.45) is 0. The van der Waals surface area contributed by atoms with Gasteiger partial charge < -0.3 is 9.90 Å². The Balaban J connectivity index is 2.24. The second kappa shape index (κ2) is 4.05. The van der Waals surface area contributed by atoms with E-state index in [0.717, 1.165) is 4.80 Å². The number of benzene rings is 1. The molecular formula is C9H6FN4O2-. The fourth-order valence-corrected chi connectivity index (χ4v) is 1.14. The molecule has 7 heteroatoms. The van der Waals surface area contributed by atoms with Crippen LogP contribution in [0, 0.1) is 5.82 Å². The summed E-state index contributed by atoms with van der Waals surface area (Å²) in [5, 5.41) is 21.2. The molecular weight excluding hydrogens is 215 g/mol. The van der Waals surface area contributed by atoms with Crippen LogP contribution < -0.4 is 5.11 Å². The van der Waals surface area contributed by atoms with Crippen molar-refractivity contribution in [3.05, 3.63) is 30.1 Å². The number of hydrogen-bond acceptors (Lipinski definition) is 5. The van der Waals surface area contributed by atoms with Gasteiger partial charge in [-0.2, -0.15) is 4.80 Å². The van der Waals surface area contributed by atoms with Crippen LogP contribution >= 0.6 is 0 Å². The summed E-state index contributed by atoms with van der Waals surface area (Å²) in [6.45, 7) is -0.464. The maximum absolute atomic E-state index is 12.6. The van der Waals surface area contributed by atoms with Crippen molar-refractivity contribution < 1.29 is 14.3 Å². The van der Waals surface area contributed by atoms with Gasteiger partial charge in [-0.1, -0.05) is 0 Å². The van der Waals surface area contributed by atoms with Gasteiger partial charge in [0, 0.05) is 5.56 Å². The highest BCUT2D eigenvalue weighted by Crippen LogP contribution is 2.13. The molecule has 1 heterocycles. The molecule has 0 fully saturated rings. The van der Waals surface area contributed by atoms with Crippen molar-refractivity contribution in [2.75, 3.05) is 0 Å². The lowest BCUT2D eigenvalue weighted by molar-refractivity contribution is -0.307. The number of tetrazole rings is 1. The average Bonchev–Trinajstić information content (AvgIpc) is 2.66. The maximum Gasteiger partial charge on any atom is 0.204 e. The number of nitrogens with zero attached hydrogens (tertiary/aromatic N) is 4. The van der Waals surface area contributed by atoms with Crippen molar-refractivity contribution >= 4 is 5.97 Å². The molecule has 0 saturated carbocycles. The molecule has 0 saturated heterocycles. The molecule has 6 nitrogen and oxygen atoms in total. The Bertz CT molecular complexity index is 508. The molecule has 0 aliphatic rings. The van der Waals surface area contributed by atoms with E-state index in [9.17, 15) is 14.3 Å². The van der Waals surface area contributed by atoms with Crippen molar-refractivity contribution in [2.24, 2.45) is 0 Å². The highest BCUT2D eigenvalue weighted by atomic mass is 19.1. The number of hydrogen-bond donors (Lipinski definition) is 0. The monoisotopic (exact) mass is 221 g/mol. The van der Waals surface area contributed by atoms with Crippen molar-refractivity contribution in [1.29, 1.82) is 0 Å². The number of rotatable bonds is 3. The van der Waals surface area contributed by atoms with Gasteiger partial charge in [-0.3, -0.25) is 0 Å². The zero-order chi connectivity index (χ0) is 11.5. The molecule has 16 heavy (non-hydrogen) atoms. The zero-order valence-electron chi connectivity index (χ0n) is 8.00. The number of carbonyl (C=O) groups excluding carboxylic acids is 1. The summed E-state index contributed by atoms with van der Waals surface area (Å²) < 4.78 is 12.6. The van der Waals surface area contributed by atoms with E-state index >= 15 is 0 Å². The molecule has 0 spiro atoms. The maximum atomic E-state index is 12.6. The highest BCUT2D eigenvalue weighted by molar-refractivity contribution is 5.63. The van der Waals surface area contributed by atoms with Crippen molar-refractivity contribution in [2.45, 2.75) is 6.54 Å². The number of carboxylic acid groups (broad SMARTS) is 1. The number of aromatic nitrogens is 4. The standard InChI is InChI=1S/C9H7FN4O2/c10-7-3-1-6(2-4-7)9-11-13-14(12-9)5-8(15)16/h1-4H,5H2,(H,15,16)/p-1. The second-order valence-corrected chi connectivity index (χ2v) is 3.02. The molecule has 2 aromatic rings. The number of carboxylic acids is 1. The lowest BCUT2D eigenvalue weighted by Crippen LogP contribution is -2.28. The average molecular weight is 221 g/mol. The normalized spacial score (nSPS) is 10.3. The first kappa shape index (κ1) is 10.2. The molecule has 2 rings (SSSR count). The predicted octanol–water partition coefficient (Wildman–Crippen LogP) is -0.771. The minimum Gasteiger partial charge on any atom is -0.548 e. The minimum atomic E-state index is -1.30. The molecule has 0 unspecified atom stereocenters. The first-order chi connectivity index (χ1) is 7.65. The third-order valence-electron chi connectivity index (χ3n) is 1.83. The van der Waals surface area contributed by atoms with E-state index in [-0.39, 0.29) is 11.6 Å². The zero-order valence-corrected chi connectivity index (χ0v) is 8.00. The molecule has 1 aromatic heterocycles. The third kappa shape index (κ3) is 2.19. The molecule has 0 radical (unpaired) electrons. The number of halogens is 1. The van der Waals surface area contributed by atoms with E-state index in [1.54, 1.807) is 0 Å².